The molecule has 0 spiro atoms. The van der Waals surface area contributed by atoms with Crippen LogP contribution in [0.1, 0.15) is 39.7 Å². The van der Waals surface area contributed by atoms with E-state index in [0.717, 1.165) is 11.6 Å². The standard InChI is InChI=1S/C15H21Cl2N/c1-14(2,3)18-9-10-8-15(10,4)12-6-5-11(16)7-13(12)17/h5-7,10,18H,8-9H2,1-4H3. The van der Waals surface area contributed by atoms with E-state index in [1.807, 2.05) is 12.1 Å². The monoisotopic (exact) mass is 285 g/mol. The Morgan fingerprint density at radius 2 is 2.00 bits per heavy atom. The van der Waals surface area contributed by atoms with Crippen LogP contribution in [0.2, 0.25) is 10.0 Å². The molecule has 1 aromatic rings. The van der Waals surface area contributed by atoms with Crippen molar-refractivity contribution in [2.75, 3.05) is 6.54 Å². The van der Waals surface area contributed by atoms with Gasteiger partial charge in [-0.2, -0.15) is 0 Å². The summed E-state index contributed by atoms with van der Waals surface area (Å²) >= 11 is 12.3. The molecule has 18 heavy (non-hydrogen) atoms. The van der Waals surface area contributed by atoms with Gasteiger partial charge in [0.15, 0.2) is 0 Å². The molecular weight excluding hydrogens is 265 g/mol. The molecule has 0 amide bonds. The smallest absolute Gasteiger partial charge is 0.0458 e. The highest BCUT2D eigenvalue weighted by Crippen LogP contribution is 2.55. The van der Waals surface area contributed by atoms with Crippen molar-refractivity contribution in [3.8, 4) is 0 Å². The van der Waals surface area contributed by atoms with E-state index in [1.54, 1.807) is 0 Å². The Morgan fingerprint density at radius 3 is 2.56 bits per heavy atom. The Bertz CT molecular complexity index is 450. The van der Waals surface area contributed by atoms with Crippen molar-refractivity contribution >= 4 is 23.2 Å². The quantitative estimate of drug-likeness (QED) is 0.852. The molecule has 1 aliphatic carbocycles. The molecule has 2 atom stereocenters. The second-order valence-electron chi connectivity index (χ2n) is 6.57. The van der Waals surface area contributed by atoms with E-state index < -0.39 is 0 Å². The summed E-state index contributed by atoms with van der Waals surface area (Å²) in [5, 5.41) is 5.07. The van der Waals surface area contributed by atoms with Crippen molar-refractivity contribution in [3.05, 3.63) is 33.8 Å². The van der Waals surface area contributed by atoms with E-state index in [9.17, 15) is 0 Å². The molecule has 0 aromatic heterocycles. The Labute approximate surface area is 120 Å². The van der Waals surface area contributed by atoms with Crippen LogP contribution in [0.15, 0.2) is 18.2 Å². The topological polar surface area (TPSA) is 12.0 Å². The van der Waals surface area contributed by atoms with Gasteiger partial charge in [0.25, 0.3) is 0 Å². The highest BCUT2D eigenvalue weighted by atomic mass is 35.5. The maximum atomic E-state index is 6.30. The van der Waals surface area contributed by atoms with Gasteiger partial charge in [-0.25, -0.2) is 0 Å². The van der Waals surface area contributed by atoms with E-state index in [4.69, 9.17) is 23.2 Å². The molecule has 1 aromatic carbocycles. The number of nitrogens with one attached hydrogen (secondary N) is 1. The first-order valence-electron chi connectivity index (χ1n) is 6.43. The Morgan fingerprint density at radius 1 is 1.33 bits per heavy atom. The normalized spacial score (nSPS) is 27.3. The zero-order valence-corrected chi connectivity index (χ0v) is 13.0. The molecule has 2 rings (SSSR count). The minimum atomic E-state index is 0.174. The third-order valence-electron chi connectivity index (χ3n) is 3.84. The lowest BCUT2D eigenvalue weighted by atomic mass is 9.95. The fraction of sp³-hybridized carbons (Fsp3) is 0.600. The van der Waals surface area contributed by atoms with Crippen LogP contribution in [0, 0.1) is 5.92 Å². The van der Waals surface area contributed by atoms with Crippen molar-refractivity contribution in [2.24, 2.45) is 5.92 Å². The van der Waals surface area contributed by atoms with Crippen LogP contribution in [0.4, 0.5) is 0 Å². The van der Waals surface area contributed by atoms with Crippen molar-refractivity contribution in [2.45, 2.75) is 45.1 Å². The molecule has 100 valence electrons. The molecule has 1 N–H and O–H groups in total. The first-order valence-corrected chi connectivity index (χ1v) is 7.18. The number of halogens is 2. The highest BCUT2D eigenvalue weighted by molar-refractivity contribution is 6.35. The van der Waals surface area contributed by atoms with Gasteiger partial charge in [-0.1, -0.05) is 36.2 Å². The third-order valence-corrected chi connectivity index (χ3v) is 4.38. The molecule has 3 heteroatoms. The minimum Gasteiger partial charge on any atom is -0.312 e. The highest BCUT2D eigenvalue weighted by Gasteiger charge is 2.51. The molecular formula is C15H21Cl2N. The second kappa shape index (κ2) is 4.70. The molecule has 0 bridgehead atoms. The average Bonchev–Trinajstić information content (AvgIpc) is 2.86. The predicted octanol–water partition coefficient (Wildman–Crippen LogP) is 4.66. The lowest BCUT2D eigenvalue weighted by molar-refractivity contribution is 0.406. The molecule has 1 aliphatic rings. The summed E-state index contributed by atoms with van der Waals surface area (Å²) in [6.07, 6.45) is 1.19. The Hall–Kier alpha value is -0.240. The molecule has 1 fully saturated rings. The van der Waals surface area contributed by atoms with E-state index >= 15 is 0 Å². The molecule has 1 nitrogen and oxygen atoms in total. The van der Waals surface area contributed by atoms with Crippen LogP contribution in [-0.2, 0) is 5.41 Å². The maximum Gasteiger partial charge on any atom is 0.0458 e. The first-order chi connectivity index (χ1) is 8.22. The van der Waals surface area contributed by atoms with Crippen LogP contribution in [0.25, 0.3) is 0 Å². The van der Waals surface area contributed by atoms with Crippen molar-refractivity contribution in [1.29, 1.82) is 0 Å². The van der Waals surface area contributed by atoms with Gasteiger partial charge in [0.2, 0.25) is 0 Å². The number of hydrogen-bond acceptors (Lipinski definition) is 1. The van der Waals surface area contributed by atoms with E-state index in [0.29, 0.717) is 10.9 Å². The fourth-order valence-corrected chi connectivity index (χ4v) is 3.09. The molecule has 0 heterocycles. The van der Waals surface area contributed by atoms with Crippen LogP contribution in [0.3, 0.4) is 0 Å². The van der Waals surface area contributed by atoms with Crippen LogP contribution in [0.5, 0.6) is 0 Å². The summed E-state index contributed by atoms with van der Waals surface area (Å²) in [6.45, 7) is 9.92. The van der Waals surface area contributed by atoms with Gasteiger partial charge in [-0.05, 0) is 62.8 Å². The van der Waals surface area contributed by atoms with E-state index in [2.05, 4.69) is 39.1 Å². The van der Waals surface area contributed by atoms with Crippen LogP contribution >= 0.6 is 23.2 Å². The molecule has 2 unspecified atom stereocenters. The molecule has 0 saturated heterocycles. The zero-order chi connectivity index (χ0) is 13.6. The summed E-state index contributed by atoms with van der Waals surface area (Å²) < 4.78 is 0. The van der Waals surface area contributed by atoms with Gasteiger partial charge >= 0.3 is 0 Å². The van der Waals surface area contributed by atoms with Gasteiger partial charge in [-0.15, -0.1) is 0 Å². The number of benzene rings is 1. The van der Waals surface area contributed by atoms with Crippen LogP contribution < -0.4 is 5.32 Å². The predicted molar refractivity (Wildman–Crippen MR) is 79.7 cm³/mol. The van der Waals surface area contributed by atoms with Gasteiger partial charge < -0.3 is 5.32 Å². The van der Waals surface area contributed by atoms with E-state index in [1.165, 1.54) is 12.0 Å². The van der Waals surface area contributed by atoms with Crippen molar-refractivity contribution in [1.82, 2.24) is 5.32 Å². The fourth-order valence-electron chi connectivity index (χ4n) is 2.46. The van der Waals surface area contributed by atoms with Crippen molar-refractivity contribution < 1.29 is 0 Å². The summed E-state index contributed by atoms with van der Waals surface area (Å²) in [5.74, 6) is 0.662. The number of hydrogen-bond donors (Lipinski definition) is 1. The maximum absolute atomic E-state index is 6.30. The Balaban J connectivity index is 2.06. The van der Waals surface area contributed by atoms with Gasteiger partial charge in [0, 0.05) is 15.6 Å². The summed E-state index contributed by atoms with van der Waals surface area (Å²) in [4.78, 5) is 0. The van der Waals surface area contributed by atoms with Gasteiger partial charge in [0.1, 0.15) is 0 Å². The molecule has 0 radical (unpaired) electrons. The minimum absolute atomic E-state index is 0.174. The molecule has 0 aliphatic heterocycles. The summed E-state index contributed by atoms with van der Waals surface area (Å²) in [5.41, 5.74) is 1.61. The van der Waals surface area contributed by atoms with Gasteiger partial charge in [-0.3, -0.25) is 0 Å². The SMILES string of the molecule is CC(C)(C)NCC1CC1(C)c1ccc(Cl)cc1Cl. The van der Waals surface area contributed by atoms with Gasteiger partial charge in [0.05, 0.1) is 0 Å². The summed E-state index contributed by atoms with van der Waals surface area (Å²) in [6, 6.07) is 5.85. The first kappa shape index (κ1) is 14.2. The van der Waals surface area contributed by atoms with Crippen molar-refractivity contribution in [3.63, 3.8) is 0 Å². The van der Waals surface area contributed by atoms with Crippen LogP contribution in [-0.4, -0.2) is 12.1 Å². The largest absolute Gasteiger partial charge is 0.312 e. The Kier molecular flexibility index (Phi) is 3.70. The van der Waals surface area contributed by atoms with E-state index in [-0.39, 0.29) is 11.0 Å². The molecule has 1 saturated carbocycles. The zero-order valence-electron chi connectivity index (χ0n) is 11.5. The second-order valence-corrected chi connectivity index (χ2v) is 7.42. The lowest BCUT2D eigenvalue weighted by Gasteiger charge is -2.22. The summed E-state index contributed by atoms with van der Waals surface area (Å²) in [7, 11) is 0. The number of rotatable bonds is 3. The lowest BCUT2D eigenvalue weighted by Crippen LogP contribution is -2.37. The third kappa shape index (κ3) is 3.01. The average molecular weight is 286 g/mol.